The van der Waals surface area contributed by atoms with Crippen molar-refractivity contribution in [2.24, 2.45) is 0 Å². The van der Waals surface area contributed by atoms with Crippen LogP contribution in [0.15, 0.2) is 53.8 Å². The summed E-state index contributed by atoms with van der Waals surface area (Å²) in [5.41, 5.74) is 3.64. The molecule has 0 fully saturated rings. The molecule has 1 unspecified atom stereocenters. The lowest BCUT2D eigenvalue weighted by Gasteiger charge is -2.11. The van der Waals surface area contributed by atoms with Crippen LogP contribution in [0, 0.1) is 5.82 Å². The largest absolute Gasteiger partial charge is 0.394 e. The zero-order chi connectivity index (χ0) is 18.4. The third-order valence-corrected chi connectivity index (χ3v) is 4.99. The average molecular weight is 373 g/mol. The molecule has 2 heterocycles. The third kappa shape index (κ3) is 4.49. The molecule has 136 valence electrons. The van der Waals surface area contributed by atoms with E-state index in [1.165, 1.54) is 12.1 Å². The molecule has 1 atom stereocenters. The van der Waals surface area contributed by atoms with E-state index in [4.69, 9.17) is 9.84 Å². The molecule has 7 heteroatoms. The molecule has 5 nitrogen and oxygen atoms in total. The van der Waals surface area contributed by atoms with Crippen LogP contribution in [0.1, 0.15) is 6.92 Å². The summed E-state index contributed by atoms with van der Waals surface area (Å²) in [5.74, 6) is 0.425. The number of pyridine rings is 1. The van der Waals surface area contributed by atoms with Gasteiger partial charge in [-0.05, 0) is 48.9 Å². The smallest absolute Gasteiger partial charge is 0.126 e. The van der Waals surface area contributed by atoms with Crippen molar-refractivity contribution in [1.29, 1.82) is 0 Å². The van der Waals surface area contributed by atoms with Crippen molar-refractivity contribution in [3.8, 4) is 22.4 Å². The van der Waals surface area contributed by atoms with E-state index in [0.717, 1.165) is 27.4 Å². The zero-order valence-corrected chi connectivity index (χ0v) is 15.2. The van der Waals surface area contributed by atoms with Crippen molar-refractivity contribution < 1.29 is 14.2 Å². The fourth-order valence-corrected chi connectivity index (χ4v) is 3.50. The lowest BCUT2D eigenvalue weighted by molar-refractivity contribution is 0.0519. The molecule has 0 aliphatic heterocycles. The Morgan fingerprint density at radius 2 is 1.88 bits per heavy atom. The second kappa shape index (κ2) is 8.93. The first kappa shape index (κ1) is 18.6. The summed E-state index contributed by atoms with van der Waals surface area (Å²) < 4.78 is 18.8. The number of hydrogen-bond donors (Lipinski definition) is 2. The average Bonchev–Trinajstić information content (AvgIpc) is 3.10. The summed E-state index contributed by atoms with van der Waals surface area (Å²) >= 11 is 1.58. The Balaban J connectivity index is 1.91. The van der Waals surface area contributed by atoms with Gasteiger partial charge in [0.15, 0.2) is 0 Å². The highest BCUT2D eigenvalue weighted by Gasteiger charge is 2.18. The molecule has 2 N–H and O–H groups in total. The Labute approximate surface area is 155 Å². The van der Waals surface area contributed by atoms with Crippen LogP contribution in [0.2, 0.25) is 0 Å². The lowest BCUT2D eigenvalue weighted by atomic mass is 10.0. The summed E-state index contributed by atoms with van der Waals surface area (Å²) in [6.45, 7) is 2.29. The summed E-state index contributed by atoms with van der Waals surface area (Å²) in [4.78, 5) is 4.08. The molecule has 26 heavy (non-hydrogen) atoms. The molecule has 3 aromatic rings. The standard InChI is InChI=1S/C19H20FN3O2S/c1-13(25-11-10-24)12-26-19-17(14-6-8-21-9-7-14)18(22-23-19)15-2-4-16(20)5-3-15/h2-9,13,24H,10-12H2,1H3,(H,22,23). The van der Waals surface area contributed by atoms with Crippen molar-refractivity contribution in [1.82, 2.24) is 15.2 Å². The number of aromatic amines is 1. The van der Waals surface area contributed by atoms with Gasteiger partial charge in [-0.2, -0.15) is 5.10 Å². The van der Waals surface area contributed by atoms with Gasteiger partial charge in [-0.3, -0.25) is 10.1 Å². The molecular weight excluding hydrogens is 353 g/mol. The maximum Gasteiger partial charge on any atom is 0.126 e. The SMILES string of the molecule is CC(CSc1n[nH]c(-c2ccc(F)cc2)c1-c1ccncc1)OCCO. The maximum absolute atomic E-state index is 13.3. The van der Waals surface area contributed by atoms with E-state index in [9.17, 15) is 4.39 Å². The lowest BCUT2D eigenvalue weighted by Crippen LogP contribution is -2.13. The van der Waals surface area contributed by atoms with Gasteiger partial charge in [-0.25, -0.2) is 4.39 Å². The number of rotatable bonds is 8. The molecule has 0 spiro atoms. The summed E-state index contributed by atoms with van der Waals surface area (Å²) in [6, 6.07) is 10.2. The molecular formula is C19H20FN3O2S. The number of halogens is 1. The predicted molar refractivity (Wildman–Crippen MR) is 100 cm³/mol. The minimum Gasteiger partial charge on any atom is -0.394 e. The van der Waals surface area contributed by atoms with Gasteiger partial charge < -0.3 is 9.84 Å². The summed E-state index contributed by atoms with van der Waals surface area (Å²) in [5, 5.41) is 17.2. The predicted octanol–water partition coefficient (Wildman–Crippen LogP) is 3.77. The molecule has 2 aromatic heterocycles. The first-order valence-corrected chi connectivity index (χ1v) is 9.27. The fourth-order valence-electron chi connectivity index (χ4n) is 2.54. The highest BCUT2D eigenvalue weighted by molar-refractivity contribution is 7.99. The van der Waals surface area contributed by atoms with Crippen LogP contribution in [0.25, 0.3) is 22.4 Å². The number of aliphatic hydroxyl groups is 1. The van der Waals surface area contributed by atoms with Crippen molar-refractivity contribution in [2.45, 2.75) is 18.1 Å². The molecule has 0 saturated heterocycles. The Bertz CT molecular complexity index is 825. The quantitative estimate of drug-likeness (QED) is 0.588. The molecule has 1 aromatic carbocycles. The van der Waals surface area contributed by atoms with E-state index in [1.807, 2.05) is 19.1 Å². The van der Waals surface area contributed by atoms with Crippen LogP contribution in [0.4, 0.5) is 4.39 Å². The summed E-state index contributed by atoms with van der Waals surface area (Å²) in [7, 11) is 0. The number of benzene rings is 1. The molecule has 0 radical (unpaired) electrons. The first-order valence-electron chi connectivity index (χ1n) is 8.29. The van der Waals surface area contributed by atoms with E-state index >= 15 is 0 Å². The number of H-pyrrole nitrogens is 1. The van der Waals surface area contributed by atoms with Gasteiger partial charge in [0.2, 0.25) is 0 Å². The first-order chi connectivity index (χ1) is 12.7. The monoisotopic (exact) mass is 373 g/mol. The van der Waals surface area contributed by atoms with Crippen LogP contribution in [-0.4, -0.2) is 45.4 Å². The van der Waals surface area contributed by atoms with Crippen LogP contribution in [-0.2, 0) is 4.74 Å². The molecule has 0 saturated carbocycles. The Morgan fingerprint density at radius 1 is 1.15 bits per heavy atom. The van der Waals surface area contributed by atoms with Gasteiger partial charge in [0.25, 0.3) is 0 Å². The van der Waals surface area contributed by atoms with Crippen LogP contribution in [0.5, 0.6) is 0 Å². The van der Waals surface area contributed by atoms with E-state index in [2.05, 4.69) is 15.2 Å². The highest BCUT2D eigenvalue weighted by Crippen LogP contribution is 2.37. The Hall–Kier alpha value is -2.22. The highest BCUT2D eigenvalue weighted by atomic mass is 32.2. The van der Waals surface area contributed by atoms with E-state index in [-0.39, 0.29) is 18.5 Å². The van der Waals surface area contributed by atoms with Gasteiger partial charge in [0, 0.05) is 29.3 Å². The second-order valence-corrected chi connectivity index (χ2v) is 6.75. The van der Waals surface area contributed by atoms with E-state index in [0.29, 0.717) is 12.4 Å². The van der Waals surface area contributed by atoms with Crippen molar-refractivity contribution in [2.75, 3.05) is 19.0 Å². The minimum atomic E-state index is -0.275. The minimum absolute atomic E-state index is 0.00833. The number of ether oxygens (including phenoxy) is 1. The van der Waals surface area contributed by atoms with Crippen molar-refractivity contribution in [3.63, 3.8) is 0 Å². The maximum atomic E-state index is 13.3. The van der Waals surface area contributed by atoms with Gasteiger partial charge in [-0.15, -0.1) is 11.8 Å². The number of hydrogen-bond acceptors (Lipinski definition) is 5. The Morgan fingerprint density at radius 3 is 2.58 bits per heavy atom. The number of thioether (sulfide) groups is 1. The normalized spacial score (nSPS) is 12.3. The third-order valence-electron chi connectivity index (χ3n) is 3.78. The Kier molecular flexibility index (Phi) is 6.38. The molecule has 3 rings (SSSR count). The summed E-state index contributed by atoms with van der Waals surface area (Å²) in [6.07, 6.45) is 3.46. The molecule has 0 aliphatic carbocycles. The molecule has 0 aliphatic rings. The molecule has 0 amide bonds. The molecule has 0 bridgehead atoms. The topological polar surface area (TPSA) is 71.0 Å². The van der Waals surface area contributed by atoms with E-state index in [1.54, 1.807) is 36.3 Å². The van der Waals surface area contributed by atoms with Crippen molar-refractivity contribution >= 4 is 11.8 Å². The number of nitrogens with zero attached hydrogens (tertiary/aromatic N) is 2. The van der Waals surface area contributed by atoms with Crippen LogP contribution < -0.4 is 0 Å². The zero-order valence-electron chi connectivity index (χ0n) is 14.4. The van der Waals surface area contributed by atoms with E-state index < -0.39 is 0 Å². The van der Waals surface area contributed by atoms with Crippen molar-refractivity contribution in [3.05, 3.63) is 54.6 Å². The van der Waals surface area contributed by atoms with Crippen LogP contribution >= 0.6 is 11.8 Å². The van der Waals surface area contributed by atoms with Crippen LogP contribution in [0.3, 0.4) is 0 Å². The number of aromatic nitrogens is 3. The van der Waals surface area contributed by atoms with Gasteiger partial charge in [0.05, 0.1) is 25.0 Å². The number of aliphatic hydroxyl groups excluding tert-OH is 1. The fraction of sp³-hybridized carbons (Fsp3) is 0.263. The van der Waals surface area contributed by atoms with Gasteiger partial charge in [0.1, 0.15) is 10.8 Å². The second-order valence-electron chi connectivity index (χ2n) is 5.74. The number of nitrogens with one attached hydrogen (secondary N) is 1. The van der Waals surface area contributed by atoms with Gasteiger partial charge >= 0.3 is 0 Å². The van der Waals surface area contributed by atoms with Gasteiger partial charge in [-0.1, -0.05) is 0 Å².